The molecule has 1 amide bonds. The third-order valence-corrected chi connectivity index (χ3v) is 13.0. The van der Waals surface area contributed by atoms with Gasteiger partial charge in [-0.2, -0.15) is 4.81 Å². The Balaban J connectivity index is 1.07. The van der Waals surface area contributed by atoms with Gasteiger partial charge >= 0.3 is 0 Å². The molecule has 1 atom stereocenters. The van der Waals surface area contributed by atoms with Crippen molar-refractivity contribution in [1.29, 1.82) is 0 Å². The number of likely N-dealkylation sites (tertiary alicyclic amines) is 1. The summed E-state index contributed by atoms with van der Waals surface area (Å²) in [7, 11) is -1.49. The zero-order valence-electron chi connectivity index (χ0n) is 34.5. The van der Waals surface area contributed by atoms with E-state index in [1.165, 1.54) is 34.9 Å². The zero-order valence-corrected chi connectivity index (χ0v) is 36.1. The molecule has 1 fully saturated rings. The van der Waals surface area contributed by atoms with Crippen molar-refractivity contribution in [3.05, 3.63) is 118 Å². The Bertz CT molecular complexity index is 2470. The fraction of sp³-hybridized carbons (Fsp3) is 0.356. The van der Waals surface area contributed by atoms with E-state index < -0.39 is 20.7 Å². The average Bonchev–Trinajstić information content (AvgIpc) is 3.69. The minimum Gasteiger partial charge on any atom is -0.593 e. The molecule has 5 aromatic rings. The first-order valence-electron chi connectivity index (χ1n) is 20.3. The first-order chi connectivity index (χ1) is 28.5. The van der Waals surface area contributed by atoms with Crippen LogP contribution in [0, 0.1) is 10.6 Å². The molecule has 0 radical (unpaired) electrons. The number of sulfonamides is 1. The Morgan fingerprint density at radius 3 is 2.53 bits per heavy atom. The van der Waals surface area contributed by atoms with Gasteiger partial charge in [-0.1, -0.05) is 49.2 Å². The molecule has 0 bridgehead atoms. The fourth-order valence-electron chi connectivity index (χ4n) is 7.94. The van der Waals surface area contributed by atoms with E-state index in [0.29, 0.717) is 30.2 Å². The van der Waals surface area contributed by atoms with Crippen LogP contribution in [-0.2, 0) is 10.0 Å². The van der Waals surface area contributed by atoms with Crippen LogP contribution in [0.15, 0.2) is 102 Å². The molecule has 1 aliphatic carbocycles. The number of piperidine rings is 1. The van der Waals surface area contributed by atoms with Crippen LogP contribution >= 0.6 is 11.6 Å². The molecule has 2 heterocycles. The molecule has 2 aliphatic rings. The number of H-pyrrole nitrogens is 1. The molecule has 1 aromatic heterocycles. The number of amides is 1. The van der Waals surface area contributed by atoms with E-state index in [1.54, 1.807) is 24.4 Å². The second-order valence-electron chi connectivity index (χ2n) is 16.8. The quantitative estimate of drug-likeness (QED) is 0.0340. The number of carbonyl (C=O) groups excluding carboxylic acids is 1. The highest BCUT2D eigenvalue weighted by Gasteiger charge is 2.29. The molecule has 60 heavy (non-hydrogen) atoms. The van der Waals surface area contributed by atoms with E-state index in [2.05, 4.69) is 56.5 Å². The van der Waals surface area contributed by atoms with Crippen molar-refractivity contribution < 1.29 is 23.2 Å². The van der Waals surface area contributed by atoms with Gasteiger partial charge in [0.1, 0.15) is 18.5 Å². The number of ether oxygens (including phenoxy) is 1. The van der Waals surface area contributed by atoms with Crippen LogP contribution in [0.5, 0.6) is 11.5 Å². The smallest absolute Gasteiger partial charge is 0.268 e. The number of halogens is 1. The van der Waals surface area contributed by atoms with Crippen molar-refractivity contribution in [2.24, 2.45) is 5.41 Å². The number of allylic oxidation sites excluding steroid dienone is 1. The van der Waals surface area contributed by atoms with Gasteiger partial charge in [-0.3, -0.25) is 4.79 Å². The maximum Gasteiger partial charge on any atom is 0.268 e. The SMILES string of the molecule is CN1CCC(Nc2ccc(S(=O)(=O)NC(=O)c3ccc(NCCNCC4=C(c5ccc(Cl)cc5)CC(C)(C)CC4)cc3Oc3cccc4[nH]ccc34)cc2[N+](C)([O-])O)CC1. The molecule has 1 aliphatic heterocycles. The first-order valence-corrected chi connectivity index (χ1v) is 22.2. The molecule has 15 heteroatoms. The van der Waals surface area contributed by atoms with Crippen LogP contribution in [0.3, 0.4) is 0 Å². The number of hydrogen-bond donors (Lipinski definition) is 6. The van der Waals surface area contributed by atoms with E-state index in [9.17, 15) is 23.6 Å². The molecule has 0 spiro atoms. The molecular formula is C45H54ClN7O6S. The van der Waals surface area contributed by atoms with Crippen LogP contribution in [0.25, 0.3) is 16.5 Å². The summed E-state index contributed by atoms with van der Waals surface area (Å²) in [6.07, 6.45) is 6.54. The number of nitrogens with one attached hydrogen (secondary N) is 5. The van der Waals surface area contributed by atoms with Crippen molar-refractivity contribution >= 4 is 61.1 Å². The predicted octanol–water partition coefficient (Wildman–Crippen LogP) is 8.73. The highest BCUT2D eigenvalue weighted by Crippen LogP contribution is 2.43. The summed E-state index contributed by atoms with van der Waals surface area (Å²) in [4.78, 5) is 17.0. The summed E-state index contributed by atoms with van der Waals surface area (Å²) >= 11 is 6.19. The molecule has 1 unspecified atom stereocenters. The molecule has 6 N–H and O–H groups in total. The van der Waals surface area contributed by atoms with E-state index in [1.807, 2.05) is 37.4 Å². The molecule has 13 nitrogen and oxygen atoms in total. The van der Waals surface area contributed by atoms with E-state index in [-0.39, 0.29) is 33.4 Å². The summed E-state index contributed by atoms with van der Waals surface area (Å²) < 4.78 is 36.0. The number of aromatic amines is 1. The largest absolute Gasteiger partial charge is 0.593 e. The monoisotopic (exact) mass is 855 g/mol. The Labute approximate surface area is 356 Å². The van der Waals surface area contributed by atoms with Gasteiger partial charge in [0.25, 0.3) is 15.9 Å². The van der Waals surface area contributed by atoms with Crippen LogP contribution < -0.4 is 30.2 Å². The zero-order chi connectivity index (χ0) is 42.7. The topological polar surface area (TPSA) is 171 Å². The lowest BCUT2D eigenvalue weighted by atomic mass is 9.72. The molecule has 7 rings (SSSR count). The number of quaternary nitrogens is 1. The summed E-state index contributed by atoms with van der Waals surface area (Å²) in [5.41, 5.74) is 5.78. The highest BCUT2D eigenvalue weighted by molar-refractivity contribution is 7.90. The standard InChI is InChI=1S/C45H54ClN7O6S/c1-45(2)20-16-31(38(28-45)30-8-10-32(46)11-9-30)29-47-22-23-48-34-12-14-37(43(26-34)59-42-7-5-6-39-36(42)17-21-49-39)44(54)51-60(57,58)35-13-15-40(41(27-35)53(4,55)56)50-33-18-24-52(3)25-19-33/h5-15,17,21,26-27,33,47-50,55H,16,18-20,22-25,28-29H2,1-4H3,(H,51,54). The lowest BCUT2D eigenvalue weighted by Gasteiger charge is -2.34. The summed E-state index contributed by atoms with van der Waals surface area (Å²) in [6.45, 7) is 8.32. The summed E-state index contributed by atoms with van der Waals surface area (Å²) in [6, 6.07) is 24.2. The Morgan fingerprint density at radius 1 is 1.02 bits per heavy atom. The van der Waals surface area contributed by atoms with Crippen molar-refractivity contribution in [3.8, 4) is 11.5 Å². The van der Waals surface area contributed by atoms with Crippen LogP contribution in [0.4, 0.5) is 17.1 Å². The number of fused-ring (bicyclic) bond motifs is 1. The van der Waals surface area contributed by atoms with Gasteiger partial charge in [0.15, 0.2) is 5.69 Å². The van der Waals surface area contributed by atoms with Crippen LogP contribution in [0.2, 0.25) is 5.02 Å². The fourth-order valence-corrected chi connectivity index (χ4v) is 9.05. The third kappa shape index (κ3) is 10.5. The molecular weight excluding hydrogens is 802 g/mol. The van der Waals surface area contributed by atoms with Gasteiger partial charge in [0.05, 0.1) is 16.1 Å². The van der Waals surface area contributed by atoms with Crippen molar-refractivity contribution in [2.45, 2.75) is 56.9 Å². The van der Waals surface area contributed by atoms with Crippen molar-refractivity contribution in [1.82, 2.24) is 24.7 Å². The Morgan fingerprint density at radius 2 is 1.78 bits per heavy atom. The summed E-state index contributed by atoms with van der Waals surface area (Å²) in [5, 5.41) is 35.2. The lowest BCUT2D eigenvalue weighted by Crippen LogP contribution is -2.39. The second-order valence-corrected chi connectivity index (χ2v) is 18.9. The number of hydrogen-bond acceptors (Lipinski definition) is 10. The number of anilines is 2. The number of hydroxylamine groups is 2. The number of carbonyl (C=O) groups is 1. The highest BCUT2D eigenvalue weighted by atomic mass is 35.5. The maximum absolute atomic E-state index is 13.9. The number of aromatic nitrogens is 1. The van der Waals surface area contributed by atoms with Crippen molar-refractivity contribution in [2.75, 3.05) is 57.5 Å². The van der Waals surface area contributed by atoms with Gasteiger partial charge in [-0.05, 0) is 123 Å². The van der Waals surface area contributed by atoms with Crippen molar-refractivity contribution in [3.63, 3.8) is 0 Å². The Kier molecular flexibility index (Phi) is 12.9. The minimum atomic E-state index is -4.52. The van der Waals surface area contributed by atoms with E-state index in [0.717, 1.165) is 80.8 Å². The number of nitrogens with zero attached hydrogens (tertiary/aromatic N) is 2. The van der Waals surface area contributed by atoms with Gasteiger partial charge in [-0.15, -0.1) is 0 Å². The average molecular weight is 856 g/mol. The van der Waals surface area contributed by atoms with E-state index in [4.69, 9.17) is 16.3 Å². The van der Waals surface area contributed by atoms with Gasteiger partial charge in [0.2, 0.25) is 0 Å². The second kappa shape index (κ2) is 18.0. The lowest BCUT2D eigenvalue weighted by molar-refractivity contribution is -0.00404. The molecule has 1 saturated heterocycles. The molecule has 0 saturated carbocycles. The Hall–Kier alpha value is -4.93. The minimum absolute atomic E-state index is 0.0240. The van der Waals surface area contributed by atoms with E-state index >= 15 is 0 Å². The molecule has 318 valence electrons. The number of benzene rings is 4. The summed E-state index contributed by atoms with van der Waals surface area (Å²) in [5.74, 6) is -0.328. The van der Waals surface area contributed by atoms with Crippen LogP contribution in [-0.4, -0.2) is 82.3 Å². The predicted molar refractivity (Wildman–Crippen MR) is 240 cm³/mol. The first kappa shape index (κ1) is 43.2. The number of rotatable bonds is 15. The maximum atomic E-state index is 13.9. The van der Waals surface area contributed by atoms with Gasteiger partial charge in [0, 0.05) is 65.6 Å². The molecule has 4 aromatic carbocycles. The third-order valence-electron chi connectivity index (χ3n) is 11.4. The van der Waals surface area contributed by atoms with Crippen LogP contribution in [0.1, 0.15) is 61.9 Å². The normalized spacial score (nSPS) is 17.3. The van der Waals surface area contributed by atoms with Gasteiger partial charge in [-0.25, -0.2) is 18.3 Å². The van der Waals surface area contributed by atoms with Gasteiger partial charge < -0.3 is 35.8 Å².